The van der Waals surface area contributed by atoms with Gasteiger partial charge in [0.05, 0.1) is 5.56 Å². The average Bonchev–Trinajstić information content (AvgIpc) is 3.13. The number of carbonyl (C=O) groups is 3. The lowest BCUT2D eigenvalue weighted by Crippen LogP contribution is -2.42. The first kappa shape index (κ1) is 22.4. The van der Waals surface area contributed by atoms with Gasteiger partial charge in [-0.3, -0.25) is 4.79 Å². The Morgan fingerprint density at radius 3 is 2.26 bits per heavy atom. The van der Waals surface area contributed by atoms with Crippen molar-refractivity contribution in [3.63, 3.8) is 0 Å². The first-order valence-corrected chi connectivity index (χ1v) is 8.23. The van der Waals surface area contributed by atoms with Gasteiger partial charge in [0.1, 0.15) is 0 Å². The molecule has 0 aliphatic carbocycles. The van der Waals surface area contributed by atoms with Crippen molar-refractivity contribution in [2.24, 2.45) is 0 Å². The van der Waals surface area contributed by atoms with Gasteiger partial charge in [0.2, 0.25) is 0 Å². The summed E-state index contributed by atoms with van der Waals surface area (Å²) in [4.78, 5) is 34.4. The molecule has 27 heavy (non-hydrogen) atoms. The molecular formula is C17H21F3N2O5. The summed E-state index contributed by atoms with van der Waals surface area (Å²) in [5.74, 6) is -3.85. The Morgan fingerprint density at radius 1 is 1.22 bits per heavy atom. The van der Waals surface area contributed by atoms with Crippen molar-refractivity contribution in [1.29, 1.82) is 0 Å². The summed E-state index contributed by atoms with van der Waals surface area (Å²) < 4.78 is 31.7. The highest BCUT2D eigenvalue weighted by Crippen LogP contribution is 2.15. The maximum absolute atomic E-state index is 12.6. The molecule has 0 bridgehead atoms. The standard InChI is InChI=1S/C15H20N2O3.C2HF3O2/c1-2-8-17(13-6-7-16-10-13)14(18)11-4-3-5-12(9-11)15(19)20;3-2(4,5)1(6)7/h3-5,9,13,16H,2,6-8,10H2,1H3,(H,19,20);(H,6,7). The van der Waals surface area contributed by atoms with E-state index < -0.39 is 18.1 Å². The van der Waals surface area contributed by atoms with Gasteiger partial charge in [0.25, 0.3) is 5.91 Å². The molecule has 0 spiro atoms. The summed E-state index contributed by atoms with van der Waals surface area (Å²) in [7, 11) is 0. The molecule has 2 rings (SSSR count). The van der Waals surface area contributed by atoms with Crippen LogP contribution in [0.5, 0.6) is 0 Å². The number of carbonyl (C=O) groups excluding carboxylic acids is 1. The Labute approximate surface area is 153 Å². The fourth-order valence-electron chi connectivity index (χ4n) is 2.55. The number of rotatable bonds is 5. The van der Waals surface area contributed by atoms with E-state index in [2.05, 4.69) is 5.32 Å². The smallest absolute Gasteiger partial charge is 0.478 e. The fraction of sp³-hybridized carbons (Fsp3) is 0.471. The van der Waals surface area contributed by atoms with Gasteiger partial charge < -0.3 is 20.4 Å². The van der Waals surface area contributed by atoms with Crippen LogP contribution in [0.3, 0.4) is 0 Å². The third kappa shape index (κ3) is 6.89. The third-order valence-electron chi connectivity index (χ3n) is 3.80. The van der Waals surface area contributed by atoms with Gasteiger partial charge in [0, 0.05) is 24.7 Å². The normalized spacial score (nSPS) is 16.2. The van der Waals surface area contributed by atoms with Crippen LogP contribution in [0, 0.1) is 0 Å². The van der Waals surface area contributed by atoms with Crippen LogP contribution < -0.4 is 5.32 Å². The predicted octanol–water partition coefficient (Wildman–Crippen LogP) is 2.23. The molecule has 1 heterocycles. The van der Waals surface area contributed by atoms with Crippen LogP contribution in [-0.2, 0) is 4.79 Å². The second-order valence-electron chi connectivity index (χ2n) is 5.83. The Morgan fingerprint density at radius 2 is 1.81 bits per heavy atom. The first-order chi connectivity index (χ1) is 12.6. The minimum atomic E-state index is -5.08. The number of hydrogen-bond donors (Lipinski definition) is 3. The summed E-state index contributed by atoms with van der Waals surface area (Å²) in [6, 6.07) is 6.46. The fourth-order valence-corrected chi connectivity index (χ4v) is 2.55. The number of nitrogens with one attached hydrogen (secondary N) is 1. The molecule has 1 aromatic rings. The molecule has 10 heteroatoms. The van der Waals surface area contributed by atoms with E-state index in [0.717, 1.165) is 25.9 Å². The van der Waals surface area contributed by atoms with Crippen LogP contribution >= 0.6 is 0 Å². The predicted molar refractivity (Wildman–Crippen MR) is 89.7 cm³/mol. The molecule has 1 atom stereocenters. The van der Waals surface area contributed by atoms with Crippen LogP contribution in [0.2, 0.25) is 0 Å². The van der Waals surface area contributed by atoms with Crippen molar-refractivity contribution in [2.75, 3.05) is 19.6 Å². The molecule has 7 nitrogen and oxygen atoms in total. The molecule has 1 aliphatic heterocycles. The van der Waals surface area contributed by atoms with Crippen LogP contribution in [0.15, 0.2) is 24.3 Å². The summed E-state index contributed by atoms with van der Waals surface area (Å²) >= 11 is 0. The molecule has 1 saturated heterocycles. The Balaban J connectivity index is 0.000000445. The summed E-state index contributed by atoms with van der Waals surface area (Å²) in [6.45, 7) is 4.47. The second-order valence-corrected chi connectivity index (χ2v) is 5.83. The highest BCUT2D eigenvalue weighted by Gasteiger charge is 2.38. The number of carboxylic acids is 2. The van der Waals surface area contributed by atoms with Crippen molar-refractivity contribution in [3.05, 3.63) is 35.4 Å². The highest BCUT2D eigenvalue weighted by molar-refractivity contribution is 5.97. The van der Waals surface area contributed by atoms with E-state index in [0.29, 0.717) is 12.1 Å². The second kappa shape index (κ2) is 9.91. The molecule has 1 amide bonds. The van der Waals surface area contributed by atoms with Crippen molar-refractivity contribution in [1.82, 2.24) is 10.2 Å². The summed E-state index contributed by atoms with van der Waals surface area (Å²) in [5.41, 5.74) is 0.599. The maximum Gasteiger partial charge on any atom is 0.490 e. The van der Waals surface area contributed by atoms with E-state index in [1.54, 1.807) is 12.1 Å². The highest BCUT2D eigenvalue weighted by atomic mass is 19.4. The van der Waals surface area contributed by atoms with Crippen LogP contribution in [0.25, 0.3) is 0 Å². The van der Waals surface area contributed by atoms with Crippen molar-refractivity contribution in [2.45, 2.75) is 32.0 Å². The molecule has 1 unspecified atom stereocenters. The molecule has 0 aromatic heterocycles. The number of alkyl halides is 3. The molecule has 1 fully saturated rings. The zero-order chi connectivity index (χ0) is 20.6. The average molecular weight is 390 g/mol. The molecule has 1 aromatic carbocycles. The number of benzene rings is 1. The van der Waals surface area contributed by atoms with Gasteiger partial charge in [-0.2, -0.15) is 13.2 Å². The molecule has 150 valence electrons. The van der Waals surface area contributed by atoms with Crippen molar-refractivity contribution in [3.8, 4) is 0 Å². The number of carboxylic acid groups (broad SMARTS) is 2. The number of halogens is 3. The zero-order valence-corrected chi connectivity index (χ0v) is 14.6. The van der Waals surface area contributed by atoms with Gasteiger partial charge >= 0.3 is 18.1 Å². The number of aromatic carboxylic acids is 1. The number of amides is 1. The van der Waals surface area contributed by atoms with E-state index in [1.165, 1.54) is 12.1 Å². The Bertz CT molecular complexity index is 673. The lowest BCUT2D eigenvalue weighted by Gasteiger charge is -2.28. The molecule has 0 radical (unpaired) electrons. The van der Waals surface area contributed by atoms with Gasteiger partial charge in [-0.1, -0.05) is 13.0 Å². The van der Waals surface area contributed by atoms with E-state index in [9.17, 15) is 22.8 Å². The molecule has 0 saturated carbocycles. The zero-order valence-electron chi connectivity index (χ0n) is 14.6. The van der Waals surface area contributed by atoms with Gasteiger partial charge in [-0.05, 0) is 37.6 Å². The van der Waals surface area contributed by atoms with E-state index in [1.807, 2.05) is 11.8 Å². The van der Waals surface area contributed by atoms with Crippen LogP contribution in [0.4, 0.5) is 13.2 Å². The maximum atomic E-state index is 12.6. The van der Waals surface area contributed by atoms with E-state index in [-0.39, 0.29) is 17.5 Å². The van der Waals surface area contributed by atoms with Crippen LogP contribution in [-0.4, -0.2) is 64.8 Å². The molecule has 3 N–H and O–H groups in total. The number of hydrogen-bond acceptors (Lipinski definition) is 4. The largest absolute Gasteiger partial charge is 0.490 e. The van der Waals surface area contributed by atoms with Gasteiger partial charge in [-0.25, -0.2) is 9.59 Å². The van der Waals surface area contributed by atoms with Crippen molar-refractivity contribution >= 4 is 17.8 Å². The Kier molecular flexibility index (Phi) is 8.23. The minimum Gasteiger partial charge on any atom is -0.478 e. The van der Waals surface area contributed by atoms with E-state index >= 15 is 0 Å². The number of nitrogens with zero attached hydrogens (tertiary/aromatic N) is 1. The SMILES string of the molecule is CCCN(C(=O)c1cccc(C(=O)O)c1)C1CCNC1.O=C(O)C(F)(F)F. The van der Waals surface area contributed by atoms with E-state index in [4.69, 9.17) is 15.0 Å². The molecule has 1 aliphatic rings. The van der Waals surface area contributed by atoms with Gasteiger partial charge in [-0.15, -0.1) is 0 Å². The minimum absolute atomic E-state index is 0.0800. The van der Waals surface area contributed by atoms with Crippen LogP contribution in [0.1, 0.15) is 40.5 Å². The Hall–Kier alpha value is -2.62. The topological polar surface area (TPSA) is 107 Å². The summed E-state index contributed by atoms with van der Waals surface area (Å²) in [6.07, 6.45) is -3.24. The van der Waals surface area contributed by atoms with Gasteiger partial charge in [0.15, 0.2) is 0 Å². The first-order valence-electron chi connectivity index (χ1n) is 8.23. The lowest BCUT2D eigenvalue weighted by atomic mass is 10.1. The quantitative estimate of drug-likeness (QED) is 0.712. The monoisotopic (exact) mass is 390 g/mol. The third-order valence-corrected chi connectivity index (χ3v) is 3.80. The molecular weight excluding hydrogens is 369 g/mol. The lowest BCUT2D eigenvalue weighted by molar-refractivity contribution is -0.192. The number of aliphatic carboxylic acids is 1. The summed E-state index contributed by atoms with van der Waals surface area (Å²) in [5, 5.41) is 19.4. The van der Waals surface area contributed by atoms with Crippen molar-refractivity contribution < 1.29 is 37.8 Å².